The number of hydrogen-bond donors (Lipinski definition) is 0. The predicted molar refractivity (Wildman–Crippen MR) is 70.7 cm³/mol. The molecular formula is C12H16Cl2N2O. The summed E-state index contributed by atoms with van der Waals surface area (Å²) in [5, 5.41) is 0.505. The second kappa shape index (κ2) is 5.69. The predicted octanol–water partition coefficient (Wildman–Crippen LogP) is 3.50. The molecule has 1 heterocycles. The molecule has 17 heavy (non-hydrogen) atoms. The Bertz CT molecular complexity index is 421. The van der Waals surface area contributed by atoms with Crippen LogP contribution >= 0.6 is 23.2 Å². The van der Waals surface area contributed by atoms with Crippen LogP contribution in [0.15, 0.2) is 12.3 Å². The van der Waals surface area contributed by atoms with Gasteiger partial charge < -0.3 is 4.90 Å². The molecule has 0 unspecified atom stereocenters. The zero-order valence-electron chi connectivity index (χ0n) is 10.4. The van der Waals surface area contributed by atoms with Gasteiger partial charge in [-0.2, -0.15) is 0 Å². The number of nitrogens with zero attached hydrogens (tertiary/aromatic N) is 2. The number of halogens is 2. The lowest BCUT2D eigenvalue weighted by Crippen LogP contribution is -2.38. The quantitative estimate of drug-likeness (QED) is 0.791. The first kappa shape index (κ1) is 14.3. The van der Waals surface area contributed by atoms with Gasteiger partial charge in [-0.1, -0.05) is 37.0 Å². The minimum Gasteiger partial charge on any atom is -0.339 e. The second-order valence-corrected chi connectivity index (χ2v) is 5.16. The summed E-state index contributed by atoms with van der Waals surface area (Å²) < 4.78 is 0. The molecule has 0 radical (unpaired) electrons. The molecule has 3 nitrogen and oxygen atoms in total. The molecule has 1 amide bonds. The van der Waals surface area contributed by atoms with Gasteiger partial charge in [-0.15, -0.1) is 0 Å². The normalized spacial score (nSPS) is 12.6. The minimum absolute atomic E-state index is 0.0998. The molecule has 0 bridgehead atoms. The summed E-state index contributed by atoms with van der Waals surface area (Å²) in [5.74, 6) is 0.289. The van der Waals surface area contributed by atoms with Crippen molar-refractivity contribution in [1.29, 1.82) is 0 Å². The Hall–Kier alpha value is -0.800. The second-order valence-electron chi connectivity index (χ2n) is 4.40. The van der Waals surface area contributed by atoms with Gasteiger partial charge >= 0.3 is 0 Å². The van der Waals surface area contributed by atoms with E-state index in [1.54, 1.807) is 18.0 Å². The highest BCUT2D eigenvalue weighted by Gasteiger charge is 2.20. The molecular weight excluding hydrogens is 259 g/mol. The topological polar surface area (TPSA) is 33.2 Å². The molecule has 1 atom stereocenters. The first-order valence-corrected chi connectivity index (χ1v) is 6.18. The molecule has 0 fully saturated rings. The first-order valence-electron chi connectivity index (χ1n) is 5.42. The third kappa shape index (κ3) is 3.33. The molecule has 0 aliphatic rings. The van der Waals surface area contributed by atoms with Gasteiger partial charge in [0.15, 0.2) is 0 Å². The molecule has 94 valence electrons. The molecule has 1 aromatic rings. The van der Waals surface area contributed by atoms with Gasteiger partial charge in [0.25, 0.3) is 5.91 Å². The van der Waals surface area contributed by atoms with E-state index in [0.717, 1.165) is 0 Å². The maximum atomic E-state index is 12.1. The van der Waals surface area contributed by atoms with Crippen LogP contribution in [0, 0.1) is 5.92 Å². The first-order chi connectivity index (χ1) is 7.84. The molecule has 1 rings (SSSR count). The fraction of sp³-hybridized carbons (Fsp3) is 0.500. The Morgan fingerprint density at radius 3 is 2.41 bits per heavy atom. The SMILES string of the molecule is CC(C)[C@H](C)N(C)C(=O)c1cnc(Cl)c(Cl)c1. The van der Waals surface area contributed by atoms with Crippen molar-refractivity contribution >= 4 is 29.1 Å². The highest BCUT2D eigenvalue weighted by atomic mass is 35.5. The third-order valence-electron chi connectivity index (χ3n) is 2.94. The Morgan fingerprint density at radius 2 is 1.94 bits per heavy atom. The molecule has 0 aromatic carbocycles. The molecule has 0 spiro atoms. The average molecular weight is 275 g/mol. The monoisotopic (exact) mass is 274 g/mol. The van der Waals surface area contributed by atoms with Gasteiger partial charge in [0.2, 0.25) is 0 Å². The van der Waals surface area contributed by atoms with Crippen LogP contribution < -0.4 is 0 Å². The Kier molecular flexibility index (Phi) is 4.78. The van der Waals surface area contributed by atoms with E-state index in [4.69, 9.17) is 23.2 Å². The van der Waals surface area contributed by atoms with Crippen molar-refractivity contribution in [3.05, 3.63) is 28.0 Å². The summed E-state index contributed by atoms with van der Waals surface area (Å²) in [6.07, 6.45) is 1.44. The van der Waals surface area contributed by atoms with Crippen molar-refractivity contribution < 1.29 is 4.79 Å². The fourth-order valence-corrected chi connectivity index (χ4v) is 1.64. The minimum atomic E-state index is -0.0998. The molecule has 0 saturated carbocycles. The van der Waals surface area contributed by atoms with Crippen LogP contribution in [-0.4, -0.2) is 28.9 Å². The van der Waals surface area contributed by atoms with Crippen LogP contribution in [0.1, 0.15) is 31.1 Å². The van der Waals surface area contributed by atoms with E-state index in [1.165, 1.54) is 6.20 Å². The fourth-order valence-electron chi connectivity index (χ4n) is 1.37. The average Bonchev–Trinajstić information content (AvgIpc) is 2.29. The summed E-state index contributed by atoms with van der Waals surface area (Å²) >= 11 is 11.5. The number of pyridine rings is 1. The number of aromatic nitrogens is 1. The molecule has 0 N–H and O–H groups in total. The Morgan fingerprint density at radius 1 is 1.35 bits per heavy atom. The highest BCUT2D eigenvalue weighted by molar-refractivity contribution is 6.41. The standard InChI is InChI=1S/C12H16Cl2N2O/c1-7(2)8(3)16(4)12(17)9-5-10(13)11(14)15-6-9/h5-8H,1-4H3/t8-/m0/s1. The maximum absolute atomic E-state index is 12.1. The molecule has 5 heteroatoms. The van der Waals surface area contributed by atoms with Crippen LogP contribution in [-0.2, 0) is 0 Å². The van der Waals surface area contributed by atoms with Crippen molar-refractivity contribution in [3.8, 4) is 0 Å². The van der Waals surface area contributed by atoms with Crippen molar-refractivity contribution in [2.24, 2.45) is 5.92 Å². The number of carbonyl (C=O) groups is 1. The zero-order valence-corrected chi connectivity index (χ0v) is 11.9. The largest absolute Gasteiger partial charge is 0.339 e. The van der Waals surface area contributed by atoms with Crippen LogP contribution in [0.25, 0.3) is 0 Å². The Balaban J connectivity index is 2.92. The van der Waals surface area contributed by atoms with Gasteiger partial charge in [0.05, 0.1) is 10.6 Å². The van der Waals surface area contributed by atoms with Crippen LogP contribution in [0.4, 0.5) is 0 Å². The number of hydrogen-bond acceptors (Lipinski definition) is 2. The van der Waals surface area contributed by atoms with Gasteiger partial charge in [0.1, 0.15) is 5.15 Å². The van der Waals surface area contributed by atoms with Gasteiger partial charge in [-0.3, -0.25) is 4.79 Å². The van der Waals surface area contributed by atoms with Crippen molar-refractivity contribution in [2.45, 2.75) is 26.8 Å². The number of amides is 1. The summed E-state index contributed by atoms with van der Waals surface area (Å²) in [7, 11) is 1.77. The molecule has 0 aliphatic carbocycles. The van der Waals surface area contributed by atoms with E-state index < -0.39 is 0 Å². The van der Waals surface area contributed by atoms with Gasteiger partial charge in [-0.05, 0) is 18.9 Å². The lowest BCUT2D eigenvalue weighted by Gasteiger charge is -2.28. The van der Waals surface area contributed by atoms with Gasteiger partial charge in [0, 0.05) is 19.3 Å². The zero-order chi connectivity index (χ0) is 13.2. The molecule has 0 saturated heterocycles. The number of rotatable bonds is 3. The van der Waals surface area contributed by atoms with Crippen LogP contribution in [0.2, 0.25) is 10.2 Å². The van der Waals surface area contributed by atoms with Crippen LogP contribution in [0.3, 0.4) is 0 Å². The Labute approximate surface area is 112 Å². The van der Waals surface area contributed by atoms with Crippen molar-refractivity contribution in [3.63, 3.8) is 0 Å². The highest BCUT2D eigenvalue weighted by Crippen LogP contribution is 2.21. The van der Waals surface area contributed by atoms with E-state index in [-0.39, 0.29) is 17.1 Å². The third-order valence-corrected chi connectivity index (χ3v) is 3.63. The molecule has 0 aliphatic heterocycles. The summed E-state index contributed by atoms with van der Waals surface area (Å²) in [6, 6.07) is 1.69. The molecule has 1 aromatic heterocycles. The number of carbonyl (C=O) groups excluding carboxylic acids is 1. The summed E-state index contributed by atoms with van der Waals surface area (Å²) in [6.45, 7) is 6.15. The van der Waals surface area contributed by atoms with Crippen molar-refractivity contribution in [1.82, 2.24) is 9.88 Å². The van der Waals surface area contributed by atoms with E-state index in [0.29, 0.717) is 16.5 Å². The van der Waals surface area contributed by atoms with Crippen molar-refractivity contribution in [2.75, 3.05) is 7.05 Å². The van der Waals surface area contributed by atoms with E-state index in [1.807, 2.05) is 6.92 Å². The van der Waals surface area contributed by atoms with E-state index in [2.05, 4.69) is 18.8 Å². The summed E-state index contributed by atoms with van der Waals surface area (Å²) in [4.78, 5) is 17.7. The smallest absolute Gasteiger partial charge is 0.255 e. The maximum Gasteiger partial charge on any atom is 0.255 e. The van der Waals surface area contributed by atoms with E-state index >= 15 is 0 Å². The lowest BCUT2D eigenvalue weighted by atomic mass is 10.0. The van der Waals surface area contributed by atoms with E-state index in [9.17, 15) is 4.79 Å². The lowest BCUT2D eigenvalue weighted by molar-refractivity contribution is 0.0706. The van der Waals surface area contributed by atoms with Crippen LogP contribution in [0.5, 0.6) is 0 Å². The summed E-state index contributed by atoms with van der Waals surface area (Å²) in [5.41, 5.74) is 0.453. The van der Waals surface area contributed by atoms with Gasteiger partial charge in [-0.25, -0.2) is 4.98 Å².